The lowest BCUT2D eigenvalue weighted by Crippen LogP contribution is -2.46. The van der Waals surface area contributed by atoms with Crippen molar-refractivity contribution in [2.24, 2.45) is 17.6 Å². The van der Waals surface area contributed by atoms with Crippen LogP contribution in [0.15, 0.2) is 22.7 Å². The minimum Gasteiger partial charge on any atom is -0.367 e. The highest BCUT2D eigenvalue weighted by molar-refractivity contribution is 9.10. The Kier molecular flexibility index (Phi) is 5.14. The van der Waals surface area contributed by atoms with Gasteiger partial charge in [0.2, 0.25) is 0 Å². The molecule has 2 nitrogen and oxygen atoms in total. The second-order valence-corrected chi connectivity index (χ2v) is 7.53. The summed E-state index contributed by atoms with van der Waals surface area (Å²) in [4.78, 5) is 2.55. The Labute approximate surface area is 131 Å². The molecule has 1 aromatic rings. The van der Waals surface area contributed by atoms with Gasteiger partial charge in [-0.05, 0) is 72.2 Å². The van der Waals surface area contributed by atoms with Crippen molar-refractivity contribution < 1.29 is 0 Å². The van der Waals surface area contributed by atoms with Crippen molar-refractivity contribution >= 4 is 21.6 Å². The molecule has 0 saturated carbocycles. The Hall–Kier alpha value is -0.540. The second kappa shape index (κ2) is 6.48. The number of hydrogen-bond donors (Lipinski definition) is 1. The van der Waals surface area contributed by atoms with Gasteiger partial charge < -0.3 is 10.6 Å². The van der Waals surface area contributed by atoms with E-state index in [4.69, 9.17) is 5.73 Å². The lowest BCUT2D eigenvalue weighted by atomic mass is 9.85. The summed E-state index contributed by atoms with van der Waals surface area (Å²) in [6.07, 6.45) is 2.26. The summed E-state index contributed by atoms with van der Waals surface area (Å²) in [5.41, 5.74) is 8.52. The number of halogens is 1. The van der Waals surface area contributed by atoms with Crippen molar-refractivity contribution in [1.82, 2.24) is 0 Å². The van der Waals surface area contributed by atoms with Crippen LogP contribution in [0.4, 0.5) is 5.69 Å². The molecule has 2 N–H and O–H groups in total. The third kappa shape index (κ3) is 3.56. The molecule has 0 aliphatic carbocycles. The van der Waals surface area contributed by atoms with Crippen LogP contribution in [0.1, 0.15) is 39.7 Å². The zero-order valence-electron chi connectivity index (χ0n) is 13.1. The number of nitrogens with zero attached hydrogens (tertiary/aromatic N) is 1. The van der Waals surface area contributed by atoms with Gasteiger partial charge >= 0.3 is 0 Å². The molecule has 1 aliphatic heterocycles. The van der Waals surface area contributed by atoms with Crippen LogP contribution in [-0.2, 0) is 6.42 Å². The monoisotopic (exact) mass is 338 g/mol. The summed E-state index contributed by atoms with van der Waals surface area (Å²) in [5.74, 6) is 1.51. The SMILES string of the molecule is CC(N)Cc1ccc(N2CC(C)CC(C)C2C)c(Br)c1. The highest BCUT2D eigenvalue weighted by atomic mass is 79.9. The van der Waals surface area contributed by atoms with Crippen LogP contribution in [0.3, 0.4) is 0 Å². The van der Waals surface area contributed by atoms with E-state index in [-0.39, 0.29) is 6.04 Å². The number of piperidine rings is 1. The van der Waals surface area contributed by atoms with Crippen LogP contribution in [-0.4, -0.2) is 18.6 Å². The minimum absolute atomic E-state index is 0.210. The maximum absolute atomic E-state index is 5.89. The molecule has 1 saturated heterocycles. The van der Waals surface area contributed by atoms with Gasteiger partial charge in [-0.25, -0.2) is 0 Å². The van der Waals surface area contributed by atoms with Crippen LogP contribution in [0.5, 0.6) is 0 Å². The first-order valence-corrected chi connectivity index (χ1v) is 8.48. The molecule has 1 aliphatic rings. The van der Waals surface area contributed by atoms with Crippen molar-refractivity contribution in [3.8, 4) is 0 Å². The summed E-state index contributed by atoms with van der Waals surface area (Å²) in [5, 5.41) is 0. The van der Waals surface area contributed by atoms with Crippen LogP contribution in [0.2, 0.25) is 0 Å². The van der Waals surface area contributed by atoms with Gasteiger partial charge in [0.1, 0.15) is 0 Å². The standard InChI is InChI=1S/C17H27BrN2/c1-11-7-12(2)14(4)20(10-11)17-6-5-15(8-13(3)19)9-16(17)18/h5-6,9,11-14H,7-8,10,19H2,1-4H3. The fourth-order valence-corrected chi connectivity index (χ4v) is 3.97. The van der Waals surface area contributed by atoms with Gasteiger partial charge in [0, 0.05) is 23.1 Å². The summed E-state index contributed by atoms with van der Waals surface area (Å²) in [6.45, 7) is 10.3. The highest BCUT2D eigenvalue weighted by Gasteiger charge is 2.29. The first kappa shape index (κ1) is 15.8. The molecule has 0 aromatic heterocycles. The number of anilines is 1. The maximum Gasteiger partial charge on any atom is 0.0513 e. The Morgan fingerprint density at radius 1 is 1.35 bits per heavy atom. The molecule has 0 radical (unpaired) electrons. The average molecular weight is 339 g/mol. The van der Waals surface area contributed by atoms with Crippen LogP contribution < -0.4 is 10.6 Å². The van der Waals surface area contributed by atoms with E-state index in [0.29, 0.717) is 6.04 Å². The second-order valence-electron chi connectivity index (χ2n) is 6.68. The Balaban J connectivity index is 2.23. The topological polar surface area (TPSA) is 29.3 Å². The molecule has 2 rings (SSSR count). The van der Waals surface area contributed by atoms with E-state index in [2.05, 4.69) is 66.7 Å². The zero-order chi connectivity index (χ0) is 14.9. The molecule has 1 aromatic carbocycles. The first-order chi connectivity index (χ1) is 9.38. The van der Waals surface area contributed by atoms with E-state index in [1.54, 1.807) is 0 Å². The van der Waals surface area contributed by atoms with E-state index >= 15 is 0 Å². The predicted octanol–water partition coefficient (Wildman–Crippen LogP) is 4.21. The minimum atomic E-state index is 0.210. The van der Waals surface area contributed by atoms with Crippen LogP contribution in [0.25, 0.3) is 0 Å². The van der Waals surface area contributed by atoms with Gasteiger partial charge in [-0.2, -0.15) is 0 Å². The number of hydrogen-bond acceptors (Lipinski definition) is 2. The normalized spacial score (nSPS) is 28.5. The Morgan fingerprint density at radius 3 is 2.65 bits per heavy atom. The Bertz CT molecular complexity index is 458. The van der Waals surface area contributed by atoms with Crippen molar-refractivity contribution in [2.45, 2.75) is 52.6 Å². The van der Waals surface area contributed by atoms with Crippen LogP contribution >= 0.6 is 15.9 Å². The molecule has 0 amide bonds. The molecule has 0 bridgehead atoms. The zero-order valence-corrected chi connectivity index (χ0v) is 14.7. The van der Waals surface area contributed by atoms with E-state index < -0.39 is 0 Å². The lowest BCUT2D eigenvalue weighted by molar-refractivity contribution is 0.297. The van der Waals surface area contributed by atoms with E-state index in [1.165, 1.54) is 22.1 Å². The molecule has 0 spiro atoms. The van der Waals surface area contributed by atoms with Gasteiger partial charge in [0.05, 0.1) is 5.69 Å². The quantitative estimate of drug-likeness (QED) is 0.894. The fraction of sp³-hybridized carbons (Fsp3) is 0.647. The van der Waals surface area contributed by atoms with Crippen molar-refractivity contribution in [3.63, 3.8) is 0 Å². The molecule has 3 heteroatoms. The summed E-state index contributed by atoms with van der Waals surface area (Å²) < 4.78 is 1.20. The largest absolute Gasteiger partial charge is 0.367 e. The van der Waals surface area contributed by atoms with Gasteiger partial charge in [-0.3, -0.25) is 0 Å². The smallest absolute Gasteiger partial charge is 0.0513 e. The van der Waals surface area contributed by atoms with Gasteiger partial charge in [0.25, 0.3) is 0 Å². The van der Waals surface area contributed by atoms with Crippen molar-refractivity contribution in [1.29, 1.82) is 0 Å². The number of nitrogens with two attached hydrogens (primary N) is 1. The molecule has 112 valence electrons. The van der Waals surface area contributed by atoms with Crippen molar-refractivity contribution in [3.05, 3.63) is 28.2 Å². The summed E-state index contributed by atoms with van der Waals surface area (Å²) in [7, 11) is 0. The molecular weight excluding hydrogens is 312 g/mol. The molecule has 4 atom stereocenters. The maximum atomic E-state index is 5.89. The molecule has 1 fully saturated rings. The Morgan fingerprint density at radius 2 is 2.05 bits per heavy atom. The molecular formula is C17H27BrN2. The molecule has 1 heterocycles. The van der Waals surface area contributed by atoms with Crippen LogP contribution in [0, 0.1) is 11.8 Å². The van der Waals surface area contributed by atoms with Gasteiger partial charge in [0.15, 0.2) is 0 Å². The first-order valence-electron chi connectivity index (χ1n) is 7.69. The third-order valence-corrected chi connectivity index (χ3v) is 5.11. The van der Waals surface area contributed by atoms with Crippen molar-refractivity contribution in [2.75, 3.05) is 11.4 Å². The molecule has 20 heavy (non-hydrogen) atoms. The fourth-order valence-electron chi connectivity index (χ4n) is 3.32. The third-order valence-electron chi connectivity index (χ3n) is 4.48. The summed E-state index contributed by atoms with van der Waals surface area (Å²) in [6, 6.07) is 7.52. The average Bonchev–Trinajstić information content (AvgIpc) is 2.33. The summed E-state index contributed by atoms with van der Waals surface area (Å²) >= 11 is 3.76. The highest BCUT2D eigenvalue weighted by Crippen LogP contribution is 2.35. The van der Waals surface area contributed by atoms with Gasteiger partial charge in [-0.1, -0.05) is 19.9 Å². The number of benzene rings is 1. The molecule has 4 unspecified atom stereocenters. The van der Waals surface area contributed by atoms with E-state index in [0.717, 1.165) is 24.8 Å². The lowest BCUT2D eigenvalue weighted by Gasteiger charge is -2.43. The van der Waals surface area contributed by atoms with Gasteiger partial charge in [-0.15, -0.1) is 0 Å². The van der Waals surface area contributed by atoms with E-state index in [9.17, 15) is 0 Å². The predicted molar refractivity (Wildman–Crippen MR) is 91.2 cm³/mol. The number of rotatable bonds is 3. The van der Waals surface area contributed by atoms with E-state index in [1.807, 2.05) is 0 Å².